The molecule has 1 heterocycles. The zero-order valence-corrected chi connectivity index (χ0v) is 15.0. The monoisotopic (exact) mass is 374 g/mol. The summed E-state index contributed by atoms with van der Waals surface area (Å²) in [4.78, 5) is 24.8. The lowest BCUT2D eigenvalue weighted by Crippen LogP contribution is -2.31. The topological polar surface area (TPSA) is 76.7 Å². The zero-order chi connectivity index (χ0) is 19.9. The Morgan fingerprint density at radius 3 is 2.54 bits per heavy atom. The minimum Gasteiger partial charge on any atom is -0.460 e. The summed E-state index contributed by atoms with van der Waals surface area (Å²) >= 11 is 0. The quantitative estimate of drug-likeness (QED) is 0.641. The Morgan fingerprint density at radius 1 is 1.42 bits per heavy atom. The Morgan fingerprint density at radius 2 is 2.04 bits per heavy atom. The second kappa shape index (κ2) is 6.90. The summed E-state index contributed by atoms with van der Waals surface area (Å²) in [5.74, 6) is -3.67. The summed E-state index contributed by atoms with van der Waals surface area (Å²) < 4.78 is 50.7. The minimum atomic E-state index is -4.95. The smallest absolute Gasteiger partial charge is 0.421 e. The molecule has 0 fully saturated rings. The highest BCUT2D eigenvalue weighted by Gasteiger charge is 2.49. The van der Waals surface area contributed by atoms with Crippen LogP contribution in [0.25, 0.3) is 0 Å². The van der Waals surface area contributed by atoms with Crippen LogP contribution < -0.4 is 0 Å². The number of furan rings is 1. The molecular formula is C18H21F3O5. The van der Waals surface area contributed by atoms with Crippen molar-refractivity contribution in [3.63, 3.8) is 0 Å². The SMILES string of the molecule is CCOC(=O)c1oc2c(c1C(F)(F)F)C(=O)C(=C[C@H](C)CO)C(C)(C)C2. The van der Waals surface area contributed by atoms with Crippen LogP contribution in [-0.2, 0) is 17.3 Å². The Labute approximate surface area is 148 Å². The van der Waals surface area contributed by atoms with Crippen LogP contribution >= 0.6 is 0 Å². The summed E-state index contributed by atoms with van der Waals surface area (Å²) in [5, 5.41) is 9.22. The maximum Gasteiger partial charge on any atom is 0.421 e. The summed E-state index contributed by atoms with van der Waals surface area (Å²) in [5.41, 5.74) is -2.68. The third-order valence-corrected chi connectivity index (χ3v) is 4.27. The lowest BCUT2D eigenvalue weighted by Gasteiger charge is -2.31. The van der Waals surface area contributed by atoms with Crippen LogP contribution in [0, 0.1) is 11.3 Å². The van der Waals surface area contributed by atoms with Gasteiger partial charge in [-0.05, 0) is 12.8 Å². The van der Waals surface area contributed by atoms with E-state index in [2.05, 4.69) is 4.74 Å². The fourth-order valence-corrected chi connectivity index (χ4v) is 3.03. The van der Waals surface area contributed by atoms with Gasteiger partial charge in [-0.25, -0.2) is 4.79 Å². The van der Waals surface area contributed by atoms with Crippen molar-refractivity contribution in [2.45, 2.75) is 40.3 Å². The first kappa shape index (κ1) is 20.2. The van der Waals surface area contributed by atoms with Crippen molar-refractivity contribution in [1.82, 2.24) is 0 Å². The number of aliphatic hydroxyl groups is 1. The molecule has 0 saturated carbocycles. The number of halogens is 3. The molecule has 1 aromatic heterocycles. The highest BCUT2D eigenvalue weighted by molar-refractivity contribution is 6.13. The van der Waals surface area contributed by atoms with Crippen molar-refractivity contribution in [2.75, 3.05) is 13.2 Å². The van der Waals surface area contributed by atoms with E-state index < -0.39 is 46.1 Å². The number of hydrogen-bond acceptors (Lipinski definition) is 5. The van der Waals surface area contributed by atoms with E-state index >= 15 is 0 Å². The van der Waals surface area contributed by atoms with Crippen molar-refractivity contribution in [3.8, 4) is 0 Å². The number of esters is 1. The minimum absolute atomic E-state index is 0.0144. The number of hydrogen-bond donors (Lipinski definition) is 1. The molecule has 0 spiro atoms. The molecule has 2 rings (SSSR count). The van der Waals surface area contributed by atoms with E-state index in [4.69, 9.17) is 4.42 Å². The number of fused-ring (bicyclic) bond motifs is 1. The largest absolute Gasteiger partial charge is 0.460 e. The molecule has 0 aliphatic heterocycles. The number of ketones is 1. The molecule has 1 aromatic rings. The maximum absolute atomic E-state index is 13.6. The number of carbonyl (C=O) groups excluding carboxylic acids is 2. The Hall–Kier alpha value is -2.09. The van der Waals surface area contributed by atoms with Gasteiger partial charge in [0.15, 0.2) is 5.78 Å². The van der Waals surface area contributed by atoms with Crippen molar-refractivity contribution in [3.05, 3.63) is 34.3 Å². The van der Waals surface area contributed by atoms with Crippen LogP contribution in [0.15, 0.2) is 16.1 Å². The van der Waals surface area contributed by atoms with Gasteiger partial charge in [0.1, 0.15) is 11.3 Å². The van der Waals surface area contributed by atoms with E-state index in [-0.39, 0.29) is 31.0 Å². The van der Waals surface area contributed by atoms with Crippen molar-refractivity contribution in [2.24, 2.45) is 11.3 Å². The van der Waals surface area contributed by atoms with Crippen molar-refractivity contribution in [1.29, 1.82) is 0 Å². The van der Waals surface area contributed by atoms with Gasteiger partial charge in [-0.2, -0.15) is 13.2 Å². The number of ether oxygens (including phenoxy) is 1. The average Bonchev–Trinajstić information content (AvgIpc) is 2.90. The van der Waals surface area contributed by atoms with Gasteiger partial charge >= 0.3 is 12.1 Å². The van der Waals surface area contributed by atoms with Gasteiger partial charge in [0, 0.05) is 24.0 Å². The molecule has 1 aliphatic carbocycles. The van der Waals surface area contributed by atoms with Crippen LogP contribution in [0.5, 0.6) is 0 Å². The van der Waals surface area contributed by atoms with Gasteiger partial charge in [0.2, 0.25) is 5.76 Å². The molecule has 144 valence electrons. The number of allylic oxidation sites excluding steroid dienone is 1. The first-order chi connectivity index (χ1) is 11.9. The number of rotatable bonds is 4. The van der Waals surface area contributed by atoms with E-state index in [1.54, 1.807) is 20.8 Å². The molecule has 0 amide bonds. The van der Waals surface area contributed by atoms with Gasteiger partial charge in [0.05, 0.1) is 12.2 Å². The molecule has 1 atom stereocenters. The fourth-order valence-electron chi connectivity index (χ4n) is 3.03. The molecule has 5 nitrogen and oxygen atoms in total. The molecule has 1 N–H and O–H groups in total. The number of aliphatic hydroxyl groups excluding tert-OH is 1. The lowest BCUT2D eigenvalue weighted by atomic mass is 9.70. The summed E-state index contributed by atoms with van der Waals surface area (Å²) in [7, 11) is 0. The maximum atomic E-state index is 13.6. The molecule has 0 saturated heterocycles. The first-order valence-corrected chi connectivity index (χ1v) is 8.21. The van der Waals surface area contributed by atoms with Crippen LogP contribution in [0.2, 0.25) is 0 Å². The van der Waals surface area contributed by atoms with Crippen LogP contribution in [0.3, 0.4) is 0 Å². The zero-order valence-electron chi connectivity index (χ0n) is 15.0. The van der Waals surface area contributed by atoms with Crippen LogP contribution in [0.4, 0.5) is 13.2 Å². The highest BCUT2D eigenvalue weighted by atomic mass is 19.4. The van der Waals surface area contributed by atoms with Gasteiger partial charge in [-0.1, -0.05) is 26.8 Å². The first-order valence-electron chi connectivity index (χ1n) is 8.21. The summed E-state index contributed by atoms with van der Waals surface area (Å²) in [6, 6.07) is 0. The molecule has 0 bridgehead atoms. The van der Waals surface area contributed by atoms with Crippen molar-refractivity contribution < 1.29 is 37.0 Å². The second-order valence-electron chi connectivity index (χ2n) is 6.95. The van der Waals surface area contributed by atoms with Gasteiger partial charge in [-0.3, -0.25) is 4.79 Å². The van der Waals surface area contributed by atoms with Crippen molar-refractivity contribution >= 4 is 11.8 Å². The number of carbonyl (C=O) groups is 2. The fraction of sp³-hybridized carbons (Fsp3) is 0.556. The van der Waals surface area contributed by atoms with E-state index in [1.807, 2.05) is 0 Å². The van der Waals surface area contributed by atoms with Crippen LogP contribution in [-0.4, -0.2) is 30.1 Å². The normalized spacial score (nSPS) is 19.4. The van der Waals surface area contributed by atoms with Gasteiger partial charge in [0.25, 0.3) is 0 Å². The molecule has 0 radical (unpaired) electrons. The predicted octanol–water partition coefficient (Wildman–Crippen LogP) is 3.79. The van der Waals surface area contributed by atoms with E-state index in [0.717, 1.165) is 0 Å². The molecular weight excluding hydrogens is 353 g/mol. The van der Waals surface area contributed by atoms with Gasteiger partial charge < -0.3 is 14.3 Å². The molecule has 1 aliphatic rings. The van der Waals surface area contributed by atoms with E-state index in [0.29, 0.717) is 0 Å². The Bertz CT molecular complexity index is 756. The van der Waals surface area contributed by atoms with E-state index in [1.165, 1.54) is 13.0 Å². The number of alkyl halides is 3. The lowest BCUT2D eigenvalue weighted by molar-refractivity contribution is -0.138. The second-order valence-corrected chi connectivity index (χ2v) is 6.95. The third-order valence-electron chi connectivity index (χ3n) is 4.27. The highest BCUT2D eigenvalue weighted by Crippen LogP contribution is 2.47. The standard InChI is InChI=1S/C18H21F3O5/c1-5-25-16(24)15-13(18(19,20)21)12-11(26-15)7-17(3,4)10(14(12)23)6-9(2)8-22/h6,9,22H,5,7-8H2,1-4H3/t9-/m0/s1. The summed E-state index contributed by atoms with van der Waals surface area (Å²) in [6.07, 6.45) is -3.47. The average molecular weight is 374 g/mol. The van der Waals surface area contributed by atoms with Crippen LogP contribution in [0.1, 0.15) is 59.9 Å². The van der Waals surface area contributed by atoms with E-state index in [9.17, 15) is 27.9 Å². The molecule has 8 heteroatoms. The molecule has 0 unspecified atom stereocenters. The molecule has 26 heavy (non-hydrogen) atoms. The number of Topliss-reactive ketones (excluding diaryl/α,β-unsaturated/α-hetero) is 1. The third kappa shape index (κ3) is 3.56. The Kier molecular flexibility index (Phi) is 5.37. The Balaban J connectivity index is 2.72. The van der Waals surface area contributed by atoms with Gasteiger partial charge in [-0.15, -0.1) is 0 Å². The summed E-state index contributed by atoms with van der Waals surface area (Å²) in [6.45, 7) is 6.13. The predicted molar refractivity (Wildman–Crippen MR) is 85.8 cm³/mol. The molecule has 0 aromatic carbocycles.